The van der Waals surface area contributed by atoms with Crippen LogP contribution in [0, 0.1) is 5.82 Å². The average Bonchev–Trinajstić information content (AvgIpc) is 2.38. The fraction of sp³-hybridized carbons (Fsp3) is 0.267. The number of pyridine rings is 1. The molecule has 0 saturated carbocycles. The number of aromatic nitrogens is 1. The predicted molar refractivity (Wildman–Crippen MR) is 82.0 cm³/mol. The normalized spacial score (nSPS) is 12.1. The molecule has 0 aliphatic heterocycles. The molecule has 0 radical (unpaired) electrons. The van der Waals surface area contributed by atoms with Gasteiger partial charge in [-0.15, -0.1) is 0 Å². The molecule has 106 valence electrons. The van der Waals surface area contributed by atoms with E-state index in [0.717, 1.165) is 17.1 Å². The van der Waals surface area contributed by atoms with E-state index in [0.29, 0.717) is 5.02 Å². The average molecular weight is 294 g/mol. The second-order valence-corrected chi connectivity index (χ2v) is 5.21. The van der Waals surface area contributed by atoms with Gasteiger partial charge in [-0.1, -0.05) is 17.7 Å². The van der Waals surface area contributed by atoms with Crippen LogP contribution in [0.1, 0.15) is 18.5 Å². The van der Waals surface area contributed by atoms with Crippen LogP contribution in [0.3, 0.4) is 0 Å². The molecule has 0 spiro atoms. The Kier molecular flexibility index (Phi) is 4.45. The SMILES string of the molecule is CC(Nc1cccnc1N(C)C)c1ccc(F)cc1Cl. The van der Waals surface area contributed by atoms with Crippen LogP contribution >= 0.6 is 11.6 Å². The van der Waals surface area contributed by atoms with Gasteiger partial charge in [0.25, 0.3) is 0 Å². The summed E-state index contributed by atoms with van der Waals surface area (Å²) in [5.74, 6) is 0.513. The molecule has 0 amide bonds. The van der Waals surface area contributed by atoms with Crippen molar-refractivity contribution in [2.45, 2.75) is 13.0 Å². The maximum absolute atomic E-state index is 13.1. The third-order valence-electron chi connectivity index (χ3n) is 3.01. The topological polar surface area (TPSA) is 28.2 Å². The maximum Gasteiger partial charge on any atom is 0.151 e. The van der Waals surface area contributed by atoms with E-state index in [-0.39, 0.29) is 11.9 Å². The largest absolute Gasteiger partial charge is 0.375 e. The summed E-state index contributed by atoms with van der Waals surface area (Å²) >= 11 is 6.09. The number of rotatable bonds is 4. The molecule has 5 heteroatoms. The number of halogens is 2. The molecule has 1 unspecified atom stereocenters. The van der Waals surface area contributed by atoms with Crippen LogP contribution < -0.4 is 10.2 Å². The van der Waals surface area contributed by atoms with Crippen LogP contribution in [0.15, 0.2) is 36.5 Å². The molecule has 1 aromatic heterocycles. The van der Waals surface area contributed by atoms with Crippen molar-refractivity contribution < 1.29 is 4.39 Å². The number of hydrogen-bond acceptors (Lipinski definition) is 3. The summed E-state index contributed by atoms with van der Waals surface area (Å²) in [5, 5.41) is 3.77. The van der Waals surface area contributed by atoms with Crippen LogP contribution in [-0.2, 0) is 0 Å². The molecule has 0 fully saturated rings. The lowest BCUT2D eigenvalue weighted by atomic mass is 10.1. The number of benzene rings is 1. The van der Waals surface area contributed by atoms with Crippen molar-refractivity contribution in [1.29, 1.82) is 0 Å². The first kappa shape index (κ1) is 14.6. The molecule has 20 heavy (non-hydrogen) atoms. The Morgan fingerprint density at radius 2 is 2.05 bits per heavy atom. The first-order valence-corrected chi connectivity index (χ1v) is 6.70. The van der Waals surface area contributed by atoms with Crippen molar-refractivity contribution in [2.24, 2.45) is 0 Å². The van der Waals surface area contributed by atoms with E-state index in [9.17, 15) is 4.39 Å². The first-order valence-electron chi connectivity index (χ1n) is 6.33. The van der Waals surface area contributed by atoms with Gasteiger partial charge >= 0.3 is 0 Å². The van der Waals surface area contributed by atoms with Gasteiger partial charge < -0.3 is 10.2 Å². The van der Waals surface area contributed by atoms with Crippen molar-refractivity contribution in [2.75, 3.05) is 24.3 Å². The van der Waals surface area contributed by atoms with Gasteiger partial charge in [-0.2, -0.15) is 0 Å². The van der Waals surface area contributed by atoms with E-state index >= 15 is 0 Å². The van der Waals surface area contributed by atoms with Gasteiger partial charge in [-0.3, -0.25) is 0 Å². The van der Waals surface area contributed by atoms with Gasteiger partial charge in [0.1, 0.15) is 5.82 Å². The monoisotopic (exact) mass is 293 g/mol. The zero-order chi connectivity index (χ0) is 14.7. The lowest BCUT2D eigenvalue weighted by Gasteiger charge is -2.21. The maximum atomic E-state index is 13.1. The van der Waals surface area contributed by atoms with E-state index in [4.69, 9.17) is 11.6 Å². The van der Waals surface area contributed by atoms with E-state index in [1.54, 1.807) is 12.3 Å². The van der Waals surface area contributed by atoms with Gasteiger partial charge in [-0.25, -0.2) is 9.37 Å². The van der Waals surface area contributed by atoms with Crippen molar-refractivity contribution in [3.63, 3.8) is 0 Å². The highest BCUT2D eigenvalue weighted by molar-refractivity contribution is 6.31. The summed E-state index contributed by atoms with van der Waals surface area (Å²) < 4.78 is 13.1. The van der Waals surface area contributed by atoms with Gasteiger partial charge in [0, 0.05) is 25.3 Å². The smallest absolute Gasteiger partial charge is 0.151 e. The Bertz CT molecular complexity index is 601. The number of nitrogens with zero attached hydrogens (tertiary/aromatic N) is 2. The highest BCUT2D eigenvalue weighted by atomic mass is 35.5. The summed E-state index contributed by atoms with van der Waals surface area (Å²) in [6.07, 6.45) is 1.75. The van der Waals surface area contributed by atoms with Crippen molar-refractivity contribution >= 4 is 23.1 Å². The molecule has 0 aliphatic rings. The van der Waals surface area contributed by atoms with Crippen LogP contribution in [0.25, 0.3) is 0 Å². The number of nitrogens with one attached hydrogen (secondary N) is 1. The second-order valence-electron chi connectivity index (χ2n) is 4.80. The molecule has 1 atom stereocenters. The quantitative estimate of drug-likeness (QED) is 0.919. The Labute approximate surface area is 123 Å². The molecular formula is C15H17ClFN3. The standard InChI is InChI=1S/C15H17ClFN3/c1-10(12-7-6-11(17)9-13(12)16)19-14-5-4-8-18-15(14)20(2)3/h4-10,19H,1-3H3. The highest BCUT2D eigenvalue weighted by Crippen LogP contribution is 2.29. The molecule has 0 saturated heterocycles. The molecule has 2 aromatic rings. The van der Waals surface area contributed by atoms with Gasteiger partial charge in [0.2, 0.25) is 0 Å². The minimum Gasteiger partial charge on any atom is -0.375 e. The fourth-order valence-electron chi connectivity index (χ4n) is 2.03. The van der Waals surface area contributed by atoms with Gasteiger partial charge in [0.15, 0.2) is 5.82 Å². The van der Waals surface area contributed by atoms with Crippen LogP contribution in [0.4, 0.5) is 15.9 Å². The summed E-state index contributed by atoms with van der Waals surface area (Å²) in [7, 11) is 3.87. The lowest BCUT2D eigenvalue weighted by molar-refractivity contribution is 0.626. The molecular weight excluding hydrogens is 277 g/mol. The summed E-state index contributed by atoms with van der Waals surface area (Å²) in [5.41, 5.74) is 1.76. The minimum absolute atomic E-state index is 0.0500. The summed E-state index contributed by atoms with van der Waals surface area (Å²) in [6, 6.07) is 8.21. The highest BCUT2D eigenvalue weighted by Gasteiger charge is 2.13. The first-order chi connectivity index (χ1) is 9.49. The summed E-state index contributed by atoms with van der Waals surface area (Å²) in [4.78, 5) is 6.26. The van der Waals surface area contributed by atoms with Crippen molar-refractivity contribution in [3.8, 4) is 0 Å². The fourth-order valence-corrected chi connectivity index (χ4v) is 2.36. The van der Waals surface area contributed by atoms with E-state index in [2.05, 4.69) is 10.3 Å². The Hall–Kier alpha value is -1.81. The molecule has 1 N–H and O–H groups in total. The van der Waals surface area contributed by atoms with Gasteiger partial charge in [-0.05, 0) is 36.8 Å². The van der Waals surface area contributed by atoms with E-state index < -0.39 is 0 Å². The zero-order valence-corrected chi connectivity index (χ0v) is 12.4. The van der Waals surface area contributed by atoms with Crippen LogP contribution in [0.2, 0.25) is 5.02 Å². The van der Waals surface area contributed by atoms with Crippen molar-refractivity contribution in [1.82, 2.24) is 4.98 Å². The Balaban J connectivity index is 2.26. The zero-order valence-electron chi connectivity index (χ0n) is 11.7. The summed E-state index contributed by atoms with van der Waals surface area (Å²) in [6.45, 7) is 1.98. The molecule has 3 nitrogen and oxygen atoms in total. The Morgan fingerprint density at radius 1 is 1.30 bits per heavy atom. The predicted octanol–water partition coefficient (Wildman–Crippen LogP) is 4.11. The van der Waals surface area contributed by atoms with Crippen LogP contribution in [-0.4, -0.2) is 19.1 Å². The van der Waals surface area contributed by atoms with E-state index in [1.165, 1.54) is 12.1 Å². The number of hydrogen-bond donors (Lipinski definition) is 1. The van der Waals surface area contributed by atoms with Crippen LogP contribution in [0.5, 0.6) is 0 Å². The third kappa shape index (κ3) is 3.20. The molecule has 0 bridgehead atoms. The van der Waals surface area contributed by atoms with E-state index in [1.807, 2.05) is 38.1 Å². The van der Waals surface area contributed by atoms with Gasteiger partial charge in [0.05, 0.1) is 11.7 Å². The number of anilines is 2. The Morgan fingerprint density at radius 3 is 2.70 bits per heavy atom. The second kappa shape index (κ2) is 6.09. The molecule has 2 rings (SSSR count). The molecule has 0 aliphatic carbocycles. The minimum atomic E-state index is -0.332. The van der Waals surface area contributed by atoms with Crippen molar-refractivity contribution in [3.05, 3.63) is 52.9 Å². The molecule has 1 aromatic carbocycles. The molecule has 1 heterocycles. The third-order valence-corrected chi connectivity index (χ3v) is 3.34. The lowest BCUT2D eigenvalue weighted by Crippen LogP contribution is -2.15.